The highest BCUT2D eigenvalue weighted by atomic mass is 79.9. The first-order valence-electron chi connectivity index (χ1n) is 11.3. The predicted octanol–water partition coefficient (Wildman–Crippen LogP) is 9.18. The van der Waals surface area contributed by atoms with Gasteiger partial charge in [-0.05, 0) is 75.8 Å². The lowest BCUT2D eigenvalue weighted by Gasteiger charge is -2.17. The van der Waals surface area contributed by atoms with E-state index >= 15 is 0 Å². The molecule has 1 N–H and O–H groups in total. The van der Waals surface area contributed by atoms with Crippen LogP contribution in [-0.4, -0.2) is 17.6 Å². The van der Waals surface area contributed by atoms with Crippen LogP contribution in [0.25, 0.3) is 28.1 Å². The Hall–Kier alpha value is -2.79. The largest absolute Gasteiger partial charge is 0.463 e. The number of nitrogens with one attached hydrogen (secondary N) is 1. The summed E-state index contributed by atoms with van der Waals surface area (Å²) in [4.78, 5) is 15.3. The number of carbonyl (C=O) groups is 1. The van der Waals surface area contributed by atoms with E-state index in [-0.39, 0.29) is 5.97 Å². The number of carbonyl (C=O) groups excluding carboxylic acids is 1. The molecule has 6 heteroatoms. The molecule has 0 bridgehead atoms. The maximum Gasteiger partial charge on any atom is 0.330 e. The molecule has 0 spiro atoms. The number of para-hydroxylation sites is 1. The number of fused-ring (bicyclic) bond motifs is 1. The van der Waals surface area contributed by atoms with Gasteiger partial charge in [0.15, 0.2) is 0 Å². The van der Waals surface area contributed by atoms with Crippen molar-refractivity contribution >= 4 is 73.2 Å². The number of ether oxygens (including phenoxy) is 1. The minimum atomic E-state index is -0.357. The average Bonchev–Trinajstić information content (AvgIpc) is 3.18. The normalized spacial score (nSPS) is 12.3. The quantitative estimate of drug-likeness (QED) is 0.137. The van der Waals surface area contributed by atoms with Gasteiger partial charge >= 0.3 is 5.97 Å². The number of aromatic nitrogens is 1. The van der Waals surface area contributed by atoms with Gasteiger partial charge in [-0.25, -0.2) is 4.79 Å². The summed E-state index contributed by atoms with van der Waals surface area (Å²) in [6, 6.07) is 21.9. The second kappa shape index (κ2) is 11.3. The lowest BCUT2D eigenvalue weighted by atomic mass is 9.90. The van der Waals surface area contributed by atoms with E-state index in [1.807, 2.05) is 36.4 Å². The zero-order valence-electron chi connectivity index (χ0n) is 19.4. The van der Waals surface area contributed by atoms with E-state index in [4.69, 9.17) is 27.9 Å². The van der Waals surface area contributed by atoms with Crippen LogP contribution in [0.5, 0.6) is 0 Å². The summed E-state index contributed by atoms with van der Waals surface area (Å²) in [5.74, 6) is -0.357. The van der Waals surface area contributed by atoms with E-state index in [2.05, 4.69) is 52.1 Å². The number of allylic oxidation sites excluding steroid dienone is 1. The highest BCUT2D eigenvalue weighted by Crippen LogP contribution is 2.42. The summed E-state index contributed by atoms with van der Waals surface area (Å²) in [6.45, 7) is 4.25. The SMILES string of the molecule is CCOC(=O)/C=C/c1ccc(/C(=C(/CC)c2ccc(Cl)cc2Cl)c2[nH]c3ccccc3c2Br)cc1. The summed E-state index contributed by atoms with van der Waals surface area (Å²) in [7, 11) is 0. The van der Waals surface area contributed by atoms with Gasteiger partial charge in [0.05, 0.1) is 16.8 Å². The van der Waals surface area contributed by atoms with Crippen molar-refractivity contribution in [3.8, 4) is 0 Å². The number of aromatic amines is 1. The maximum atomic E-state index is 11.7. The molecule has 3 aromatic carbocycles. The fourth-order valence-electron chi connectivity index (χ4n) is 4.10. The van der Waals surface area contributed by atoms with Crippen LogP contribution in [0.1, 0.15) is 42.7 Å². The molecule has 178 valence electrons. The Morgan fingerprint density at radius 3 is 2.43 bits per heavy atom. The van der Waals surface area contributed by atoms with Crippen molar-refractivity contribution in [1.82, 2.24) is 4.98 Å². The Bertz CT molecular complexity index is 1440. The standard InChI is InChI=1S/C29H24BrCl2NO2/c1-3-21(22-15-14-20(31)17-24(22)32)27(29-28(30)23-7-5-6-8-25(23)33-29)19-12-9-18(10-13-19)11-16-26(34)35-4-2/h5-17,33H,3-4H2,1-2H3/b16-11+,27-21+. The molecule has 0 amide bonds. The third-order valence-corrected chi connectivity index (χ3v) is 7.07. The van der Waals surface area contributed by atoms with E-state index in [1.165, 1.54) is 6.08 Å². The monoisotopic (exact) mass is 567 g/mol. The molecule has 3 nitrogen and oxygen atoms in total. The fraction of sp³-hybridized carbons (Fsp3) is 0.138. The average molecular weight is 569 g/mol. The predicted molar refractivity (Wildman–Crippen MR) is 151 cm³/mol. The second-order valence-corrected chi connectivity index (χ2v) is 9.53. The second-order valence-electron chi connectivity index (χ2n) is 7.90. The van der Waals surface area contributed by atoms with Gasteiger partial charge in [-0.1, -0.05) is 78.7 Å². The van der Waals surface area contributed by atoms with Gasteiger partial charge in [0.25, 0.3) is 0 Å². The molecule has 0 atom stereocenters. The first-order chi connectivity index (χ1) is 16.9. The number of esters is 1. The molecule has 0 fully saturated rings. The van der Waals surface area contributed by atoms with Crippen LogP contribution in [0.2, 0.25) is 10.0 Å². The summed E-state index contributed by atoms with van der Waals surface area (Å²) >= 11 is 16.7. The van der Waals surface area contributed by atoms with Gasteiger partial charge in [-0.15, -0.1) is 0 Å². The van der Waals surface area contributed by atoms with Crippen LogP contribution in [-0.2, 0) is 9.53 Å². The Morgan fingerprint density at radius 2 is 1.77 bits per heavy atom. The molecule has 0 aliphatic rings. The number of hydrogen-bond acceptors (Lipinski definition) is 2. The third kappa shape index (κ3) is 5.56. The van der Waals surface area contributed by atoms with Crippen molar-refractivity contribution in [3.05, 3.63) is 110 Å². The molecule has 4 aromatic rings. The molecule has 1 aromatic heterocycles. The molecule has 1 heterocycles. The number of H-pyrrole nitrogens is 1. The molecule has 0 unspecified atom stereocenters. The van der Waals surface area contributed by atoms with E-state index in [9.17, 15) is 4.79 Å². The molecule has 0 aliphatic carbocycles. The zero-order valence-corrected chi connectivity index (χ0v) is 22.5. The van der Waals surface area contributed by atoms with Gasteiger partial charge in [-0.2, -0.15) is 0 Å². The number of rotatable bonds is 7. The highest BCUT2D eigenvalue weighted by molar-refractivity contribution is 9.10. The number of benzene rings is 3. The van der Waals surface area contributed by atoms with Gasteiger partial charge < -0.3 is 9.72 Å². The minimum Gasteiger partial charge on any atom is -0.463 e. The van der Waals surface area contributed by atoms with Crippen molar-refractivity contribution in [2.45, 2.75) is 20.3 Å². The molecular formula is C29H24BrCl2NO2. The van der Waals surface area contributed by atoms with Crippen LogP contribution >= 0.6 is 39.1 Å². The van der Waals surface area contributed by atoms with Crippen LogP contribution in [0.4, 0.5) is 0 Å². The van der Waals surface area contributed by atoms with E-state index in [0.29, 0.717) is 16.7 Å². The fourth-order valence-corrected chi connectivity index (χ4v) is 5.27. The molecule has 0 saturated carbocycles. The summed E-state index contributed by atoms with van der Waals surface area (Å²) in [5.41, 5.74) is 7.01. The van der Waals surface area contributed by atoms with E-state index in [1.54, 1.807) is 19.1 Å². The lowest BCUT2D eigenvalue weighted by Crippen LogP contribution is -1.99. The summed E-state index contributed by atoms with van der Waals surface area (Å²) in [6.07, 6.45) is 3.94. The van der Waals surface area contributed by atoms with Crippen LogP contribution in [0.3, 0.4) is 0 Å². The highest BCUT2D eigenvalue weighted by Gasteiger charge is 2.20. The van der Waals surface area contributed by atoms with Gasteiger partial charge in [0, 0.05) is 32.6 Å². The van der Waals surface area contributed by atoms with E-state index in [0.717, 1.165) is 55.3 Å². The van der Waals surface area contributed by atoms with E-state index < -0.39 is 0 Å². The lowest BCUT2D eigenvalue weighted by molar-refractivity contribution is -0.137. The summed E-state index contributed by atoms with van der Waals surface area (Å²) < 4.78 is 5.97. The Morgan fingerprint density at radius 1 is 1.03 bits per heavy atom. The van der Waals surface area contributed by atoms with Gasteiger partial charge in [-0.3, -0.25) is 0 Å². The van der Waals surface area contributed by atoms with Crippen LogP contribution in [0, 0.1) is 0 Å². The molecule has 0 radical (unpaired) electrons. The molecule has 0 saturated heterocycles. The van der Waals surface area contributed by atoms with Gasteiger partial charge in [0.1, 0.15) is 0 Å². The van der Waals surface area contributed by atoms with Crippen molar-refractivity contribution < 1.29 is 9.53 Å². The van der Waals surface area contributed by atoms with Crippen molar-refractivity contribution in [3.63, 3.8) is 0 Å². The number of halogens is 3. The zero-order chi connectivity index (χ0) is 24.9. The smallest absolute Gasteiger partial charge is 0.330 e. The molecular weight excluding hydrogens is 545 g/mol. The third-order valence-electron chi connectivity index (χ3n) is 5.70. The minimum absolute atomic E-state index is 0.350. The van der Waals surface area contributed by atoms with Crippen molar-refractivity contribution in [2.75, 3.05) is 6.61 Å². The first kappa shape index (κ1) is 25.3. The Kier molecular flexibility index (Phi) is 8.17. The van der Waals surface area contributed by atoms with Crippen LogP contribution in [0.15, 0.2) is 77.3 Å². The van der Waals surface area contributed by atoms with Crippen molar-refractivity contribution in [1.29, 1.82) is 0 Å². The first-order valence-corrected chi connectivity index (χ1v) is 12.9. The maximum absolute atomic E-state index is 11.7. The molecule has 35 heavy (non-hydrogen) atoms. The van der Waals surface area contributed by atoms with Gasteiger partial charge in [0.2, 0.25) is 0 Å². The topological polar surface area (TPSA) is 42.1 Å². The number of hydrogen-bond donors (Lipinski definition) is 1. The Labute approximate surface area is 223 Å². The summed E-state index contributed by atoms with van der Waals surface area (Å²) in [5, 5.41) is 2.31. The van der Waals surface area contributed by atoms with Crippen LogP contribution < -0.4 is 0 Å². The van der Waals surface area contributed by atoms with Crippen molar-refractivity contribution in [2.24, 2.45) is 0 Å². The molecule has 4 rings (SSSR count). The Balaban J connectivity index is 1.90. The molecule has 0 aliphatic heterocycles.